The number of piperidine rings is 1. The molecule has 4 aliphatic rings. The number of hydrogen-bond donors (Lipinski definition) is 2. The monoisotopic (exact) mass is 501 g/mol. The minimum absolute atomic E-state index is 0.0380. The van der Waals surface area contributed by atoms with Crippen molar-refractivity contribution in [3.05, 3.63) is 28.7 Å². The van der Waals surface area contributed by atoms with Gasteiger partial charge in [-0.3, -0.25) is 9.59 Å². The number of unbranched alkanes of at least 4 members (excludes halogenated alkanes) is 1. The number of amides is 2. The first-order valence-electron chi connectivity index (χ1n) is 12.6. The van der Waals surface area contributed by atoms with Crippen LogP contribution < -0.4 is 10.6 Å². The molecule has 1 heterocycles. The van der Waals surface area contributed by atoms with E-state index >= 15 is 0 Å². The van der Waals surface area contributed by atoms with Gasteiger partial charge in [0.25, 0.3) is 0 Å². The van der Waals surface area contributed by atoms with Gasteiger partial charge in [-0.2, -0.15) is 0 Å². The number of carbonyl (C=O) groups excluding carboxylic acids is 2. The number of hydrogen-bond acceptors (Lipinski definition) is 3. The number of rotatable bonds is 8. The van der Waals surface area contributed by atoms with Gasteiger partial charge in [-0.25, -0.2) is 0 Å². The number of benzene rings is 1. The van der Waals surface area contributed by atoms with Crippen molar-refractivity contribution in [3.8, 4) is 0 Å². The van der Waals surface area contributed by atoms with Crippen molar-refractivity contribution in [2.24, 2.45) is 29.1 Å². The third-order valence-electron chi connectivity index (χ3n) is 8.71. The van der Waals surface area contributed by atoms with E-state index in [0.29, 0.717) is 11.8 Å². The summed E-state index contributed by atoms with van der Waals surface area (Å²) in [5.74, 6) is 0.579. The summed E-state index contributed by atoms with van der Waals surface area (Å²) >= 11 is 3.45. The molecule has 2 amide bonds. The van der Waals surface area contributed by atoms with Gasteiger partial charge in [0, 0.05) is 16.7 Å². The van der Waals surface area contributed by atoms with Crippen LogP contribution in [0.15, 0.2) is 28.7 Å². The predicted molar refractivity (Wildman–Crippen MR) is 130 cm³/mol. The molecule has 5 nitrogen and oxygen atoms in total. The van der Waals surface area contributed by atoms with Gasteiger partial charge >= 0.3 is 0 Å². The highest BCUT2D eigenvalue weighted by atomic mass is 79.9. The topological polar surface area (TPSA) is 61.4 Å². The number of nitrogens with one attached hydrogen (secondary N) is 2. The lowest BCUT2D eigenvalue weighted by Gasteiger charge is -2.29. The Morgan fingerprint density at radius 1 is 0.938 bits per heavy atom. The molecule has 3 aliphatic carbocycles. The summed E-state index contributed by atoms with van der Waals surface area (Å²) in [5, 5.41) is 6.34. The summed E-state index contributed by atoms with van der Waals surface area (Å²) in [7, 11) is 0. The van der Waals surface area contributed by atoms with Crippen molar-refractivity contribution in [2.45, 2.75) is 57.8 Å². The zero-order valence-corrected chi connectivity index (χ0v) is 20.5. The lowest BCUT2D eigenvalue weighted by molar-refractivity contribution is -0.134. The normalized spacial score (nSPS) is 30.4. The number of likely N-dealkylation sites (tertiary alicyclic amines) is 1. The second-order valence-corrected chi connectivity index (χ2v) is 11.4. The quantitative estimate of drug-likeness (QED) is 0.501. The van der Waals surface area contributed by atoms with Crippen molar-refractivity contribution >= 4 is 33.4 Å². The highest BCUT2D eigenvalue weighted by Crippen LogP contribution is 2.74. The summed E-state index contributed by atoms with van der Waals surface area (Å²) in [6.45, 7) is 4.34. The maximum absolute atomic E-state index is 13.4. The molecular formula is C26H36BrN3O2. The molecule has 2 bridgehead atoms. The largest absolute Gasteiger partial charge is 0.356 e. The van der Waals surface area contributed by atoms with Gasteiger partial charge in [-0.15, -0.1) is 0 Å². The smallest absolute Gasteiger partial charge is 0.228 e. The van der Waals surface area contributed by atoms with Crippen LogP contribution in [0.4, 0.5) is 5.69 Å². The number of carbonyl (C=O) groups is 2. The second-order valence-electron chi connectivity index (χ2n) is 10.5. The molecule has 1 aromatic rings. The highest BCUT2D eigenvalue weighted by molar-refractivity contribution is 9.10. The molecule has 1 saturated heterocycles. The van der Waals surface area contributed by atoms with Crippen molar-refractivity contribution in [2.75, 3.05) is 31.5 Å². The van der Waals surface area contributed by atoms with Gasteiger partial charge in [0.05, 0.1) is 11.8 Å². The predicted octanol–water partition coefficient (Wildman–Crippen LogP) is 4.82. The Morgan fingerprint density at radius 3 is 2.25 bits per heavy atom. The molecule has 5 rings (SSSR count). The van der Waals surface area contributed by atoms with Crippen LogP contribution in [0.5, 0.6) is 0 Å². The van der Waals surface area contributed by atoms with Crippen molar-refractivity contribution in [1.82, 2.24) is 10.2 Å². The molecule has 6 heteroatoms. The first-order chi connectivity index (χ1) is 15.6. The molecule has 2 unspecified atom stereocenters. The van der Waals surface area contributed by atoms with Crippen molar-refractivity contribution in [1.29, 1.82) is 0 Å². The van der Waals surface area contributed by atoms with Crippen LogP contribution in [0, 0.1) is 29.1 Å². The van der Waals surface area contributed by atoms with Crippen LogP contribution >= 0.6 is 15.9 Å². The van der Waals surface area contributed by atoms with Gasteiger partial charge in [-0.05, 0) is 113 Å². The molecule has 0 aromatic heterocycles. The van der Waals surface area contributed by atoms with Crippen LogP contribution in [0.2, 0.25) is 0 Å². The van der Waals surface area contributed by atoms with E-state index in [-0.39, 0.29) is 29.1 Å². The minimum atomic E-state index is -0.187. The van der Waals surface area contributed by atoms with E-state index in [2.05, 4.69) is 31.5 Å². The highest BCUT2D eigenvalue weighted by Gasteiger charge is 2.71. The molecule has 1 aliphatic heterocycles. The summed E-state index contributed by atoms with van der Waals surface area (Å²) < 4.78 is 0.991. The number of anilines is 1. The van der Waals surface area contributed by atoms with Crippen LogP contribution in [0.1, 0.15) is 57.8 Å². The molecular weight excluding hydrogens is 466 g/mol. The summed E-state index contributed by atoms with van der Waals surface area (Å²) in [4.78, 5) is 29.2. The lowest BCUT2D eigenvalue weighted by Crippen LogP contribution is -2.43. The van der Waals surface area contributed by atoms with Gasteiger partial charge in [0.1, 0.15) is 0 Å². The van der Waals surface area contributed by atoms with Gasteiger partial charge in [0.2, 0.25) is 11.8 Å². The molecule has 4 fully saturated rings. The Balaban J connectivity index is 1.18. The Morgan fingerprint density at radius 2 is 1.59 bits per heavy atom. The van der Waals surface area contributed by atoms with E-state index in [0.717, 1.165) is 48.9 Å². The first kappa shape index (κ1) is 22.4. The molecule has 1 spiro atoms. The lowest BCUT2D eigenvalue weighted by atomic mass is 9.78. The molecule has 0 radical (unpaired) electrons. The fourth-order valence-corrected chi connectivity index (χ4v) is 7.36. The zero-order valence-electron chi connectivity index (χ0n) is 19.0. The zero-order chi connectivity index (χ0) is 22.1. The summed E-state index contributed by atoms with van der Waals surface area (Å²) in [6, 6.07) is 7.71. The van der Waals surface area contributed by atoms with Crippen LogP contribution in [-0.2, 0) is 9.59 Å². The standard InChI is InChI=1S/C26H36BrN3O2/c27-18-6-8-19(9-7-18)29-25(32)23-21-11-10-20(26(21)12-13-26)22(23)24(31)28-14-2-5-17-30-15-3-1-4-16-30/h6-9,20-23H,1-5,10-17H2,(H,28,31)(H,29,32)/t20?,21?,22-,23-/m1/s1. The fraction of sp³-hybridized carbons (Fsp3) is 0.692. The van der Waals surface area contributed by atoms with Crippen LogP contribution in [0.25, 0.3) is 0 Å². The third-order valence-corrected chi connectivity index (χ3v) is 9.24. The molecule has 3 saturated carbocycles. The van der Waals surface area contributed by atoms with E-state index in [4.69, 9.17) is 0 Å². The Bertz CT molecular complexity index is 832. The minimum Gasteiger partial charge on any atom is -0.356 e. The maximum atomic E-state index is 13.4. The average molecular weight is 502 g/mol. The van der Waals surface area contributed by atoms with E-state index in [9.17, 15) is 9.59 Å². The second kappa shape index (κ2) is 9.46. The number of nitrogens with zero attached hydrogens (tertiary/aromatic N) is 1. The molecule has 174 valence electrons. The molecule has 4 atom stereocenters. The maximum Gasteiger partial charge on any atom is 0.228 e. The van der Waals surface area contributed by atoms with E-state index in [1.807, 2.05) is 24.3 Å². The van der Waals surface area contributed by atoms with Gasteiger partial charge < -0.3 is 15.5 Å². The SMILES string of the molecule is O=C(NCCCCN1CCCCC1)[C@@H]1C2CCC([C@H]1C(=O)Nc1ccc(Br)cc1)C21CC1. The molecule has 32 heavy (non-hydrogen) atoms. The number of halogens is 1. The first-order valence-corrected chi connectivity index (χ1v) is 13.4. The van der Waals surface area contributed by atoms with Crippen LogP contribution in [0.3, 0.4) is 0 Å². The summed E-state index contributed by atoms with van der Waals surface area (Å²) in [5.41, 5.74) is 1.08. The summed E-state index contributed by atoms with van der Waals surface area (Å²) in [6.07, 6.45) is 10.8. The third kappa shape index (κ3) is 4.37. The average Bonchev–Trinajstić information content (AvgIpc) is 3.47. The molecule has 2 N–H and O–H groups in total. The van der Waals surface area contributed by atoms with E-state index in [1.165, 1.54) is 45.2 Å². The molecule has 1 aromatic carbocycles. The Hall–Kier alpha value is -1.40. The van der Waals surface area contributed by atoms with Crippen LogP contribution in [-0.4, -0.2) is 42.9 Å². The van der Waals surface area contributed by atoms with Crippen molar-refractivity contribution < 1.29 is 9.59 Å². The Kier molecular flexibility index (Phi) is 6.62. The van der Waals surface area contributed by atoms with Gasteiger partial charge in [0.15, 0.2) is 0 Å². The van der Waals surface area contributed by atoms with E-state index < -0.39 is 0 Å². The van der Waals surface area contributed by atoms with Gasteiger partial charge in [-0.1, -0.05) is 22.4 Å². The Labute approximate surface area is 200 Å². The fourth-order valence-electron chi connectivity index (χ4n) is 7.09. The van der Waals surface area contributed by atoms with Crippen molar-refractivity contribution in [3.63, 3.8) is 0 Å². The van der Waals surface area contributed by atoms with E-state index in [1.54, 1.807) is 0 Å².